The number of nitrogens with zero attached hydrogens (tertiary/aromatic N) is 3. The fourth-order valence-electron chi connectivity index (χ4n) is 2.91. The molecule has 0 radical (unpaired) electrons. The molecule has 3 aromatic rings. The SMILES string of the molecule is O=C1c2ccccc2C(=O)N1OC/C=C/c1cn(Cc2ccccc2)cn1. The van der Waals surface area contributed by atoms with Gasteiger partial charge < -0.3 is 4.57 Å². The quantitative estimate of drug-likeness (QED) is 0.634. The van der Waals surface area contributed by atoms with Gasteiger partial charge in [0.2, 0.25) is 0 Å². The number of amides is 2. The van der Waals surface area contributed by atoms with Gasteiger partial charge in [-0.3, -0.25) is 14.4 Å². The highest BCUT2D eigenvalue weighted by molar-refractivity contribution is 6.20. The van der Waals surface area contributed by atoms with Crippen LogP contribution in [-0.4, -0.2) is 33.0 Å². The Morgan fingerprint density at radius 2 is 1.59 bits per heavy atom. The van der Waals surface area contributed by atoms with E-state index < -0.39 is 11.8 Å². The second kappa shape index (κ2) is 7.39. The Balaban J connectivity index is 1.33. The topological polar surface area (TPSA) is 64.4 Å². The number of hydrogen-bond acceptors (Lipinski definition) is 4. The van der Waals surface area contributed by atoms with Crippen molar-refractivity contribution in [3.05, 3.63) is 95.6 Å². The first-order chi connectivity index (χ1) is 13.2. The minimum atomic E-state index is -0.434. The van der Waals surface area contributed by atoms with Crippen LogP contribution in [0, 0.1) is 0 Å². The molecule has 0 fully saturated rings. The summed E-state index contributed by atoms with van der Waals surface area (Å²) < 4.78 is 1.99. The molecule has 0 spiro atoms. The molecule has 1 aromatic heterocycles. The van der Waals surface area contributed by atoms with Gasteiger partial charge in [-0.05, 0) is 23.8 Å². The van der Waals surface area contributed by atoms with Crippen LogP contribution in [0.25, 0.3) is 6.08 Å². The Hall–Kier alpha value is -3.51. The van der Waals surface area contributed by atoms with Crippen LogP contribution in [0.5, 0.6) is 0 Å². The zero-order valence-corrected chi connectivity index (χ0v) is 14.5. The molecule has 2 amide bonds. The Bertz CT molecular complexity index is 973. The number of carbonyl (C=O) groups excluding carboxylic acids is 2. The van der Waals surface area contributed by atoms with E-state index in [1.54, 1.807) is 42.7 Å². The molecule has 2 heterocycles. The molecule has 134 valence electrons. The molecule has 0 atom stereocenters. The van der Waals surface area contributed by atoms with E-state index >= 15 is 0 Å². The molecule has 6 heteroatoms. The maximum atomic E-state index is 12.2. The summed E-state index contributed by atoms with van der Waals surface area (Å²) in [6.07, 6.45) is 7.20. The summed E-state index contributed by atoms with van der Waals surface area (Å²) in [4.78, 5) is 34.0. The Kier molecular flexibility index (Phi) is 4.63. The average Bonchev–Trinajstić information content (AvgIpc) is 3.24. The summed E-state index contributed by atoms with van der Waals surface area (Å²) in [5, 5.41) is 0.809. The molecule has 0 aliphatic carbocycles. The minimum absolute atomic E-state index is 0.0943. The lowest BCUT2D eigenvalue weighted by Crippen LogP contribution is -2.29. The molecule has 0 saturated carbocycles. The normalized spacial score (nSPS) is 13.6. The van der Waals surface area contributed by atoms with Crippen molar-refractivity contribution < 1.29 is 14.4 Å². The number of aromatic nitrogens is 2. The highest BCUT2D eigenvalue weighted by atomic mass is 16.7. The molecule has 1 aliphatic heterocycles. The second-order valence-electron chi connectivity index (χ2n) is 6.10. The number of benzene rings is 2. The van der Waals surface area contributed by atoms with Gasteiger partial charge in [0.1, 0.15) is 0 Å². The predicted molar refractivity (Wildman–Crippen MR) is 99.7 cm³/mol. The zero-order chi connectivity index (χ0) is 18.6. The van der Waals surface area contributed by atoms with E-state index in [2.05, 4.69) is 17.1 Å². The second-order valence-corrected chi connectivity index (χ2v) is 6.10. The van der Waals surface area contributed by atoms with Crippen LogP contribution >= 0.6 is 0 Å². The van der Waals surface area contributed by atoms with Gasteiger partial charge in [-0.15, -0.1) is 5.06 Å². The van der Waals surface area contributed by atoms with Crippen molar-refractivity contribution in [3.63, 3.8) is 0 Å². The van der Waals surface area contributed by atoms with Gasteiger partial charge in [0.25, 0.3) is 11.8 Å². The van der Waals surface area contributed by atoms with Gasteiger partial charge >= 0.3 is 0 Å². The molecular weight excluding hydrogens is 342 g/mol. The van der Waals surface area contributed by atoms with E-state index in [0.29, 0.717) is 11.1 Å². The molecule has 1 aliphatic rings. The molecule has 27 heavy (non-hydrogen) atoms. The smallest absolute Gasteiger partial charge is 0.285 e. The number of hydroxylamine groups is 2. The molecule has 2 aromatic carbocycles. The van der Waals surface area contributed by atoms with Gasteiger partial charge in [0.05, 0.1) is 29.8 Å². The van der Waals surface area contributed by atoms with E-state index in [4.69, 9.17) is 4.84 Å². The summed E-state index contributed by atoms with van der Waals surface area (Å²) in [6.45, 7) is 0.838. The van der Waals surface area contributed by atoms with Gasteiger partial charge in [0, 0.05) is 12.7 Å². The zero-order valence-electron chi connectivity index (χ0n) is 14.5. The van der Waals surface area contributed by atoms with E-state index in [0.717, 1.165) is 17.3 Å². The van der Waals surface area contributed by atoms with E-state index in [-0.39, 0.29) is 6.61 Å². The standard InChI is InChI=1S/C21H17N3O3/c25-20-18-10-4-5-11-19(18)21(26)24(20)27-12-6-9-17-14-23(15-22-17)13-16-7-2-1-3-8-16/h1-11,14-15H,12-13H2/b9-6+. The molecule has 0 N–H and O–H groups in total. The maximum absolute atomic E-state index is 12.2. The lowest BCUT2D eigenvalue weighted by atomic mass is 10.1. The number of hydrogen-bond donors (Lipinski definition) is 0. The number of carbonyl (C=O) groups is 2. The van der Waals surface area contributed by atoms with Crippen LogP contribution in [0.1, 0.15) is 32.0 Å². The summed E-state index contributed by atoms with van der Waals surface area (Å²) in [5.74, 6) is -0.868. The van der Waals surface area contributed by atoms with Gasteiger partial charge in [0.15, 0.2) is 0 Å². The van der Waals surface area contributed by atoms with Crippen LogP contribution in [0.2, 0.25) is 0 Å². The van der Waals surface area contributed by atoms with Crippen molar-refractivity contribution >= 4 is 17.9 Å². The number of imidazole rings is 1. The Labute approximate surface area is 156 Å². The number of imide groups is 1. The van der Waals surface area contributed by atoms with Gasteiger partial charge in [-0.1, -0.05) is 48.5 Å². The number of fused-ring (bicyclic) bond motifs is 1. The lowest BCUT2D eigenvalue weighted by molar-refractivity contribution is -0.0800. The fourth-order valence-corrected chi connectivity index (χ4v) is 2.91. The van der Waals surface area contributed by atoms with E-state index in [1.807, 2.05) is 29.0 Å². The summed E-state index contributed by atoms with van der Waals surface area (Å²) in [6, 6.07) is 16.8. The predicted octanol–water partition coefficient (Wildman–Crippen LogP) is 3.17. The molecule has 0 bridgehead atoms. The fraction of sp³-hybridized carbons (Fsp3) is 0.0952. The molecular formula is C21H17N3O3. The third-order valence-corrected chi connectivity index (χ3v) is 4.21. The van der Waals surface area contributed by atoms with Crippen LogP contribution in [0.3, 0.4) is 0 Å². The first-order valence-corrected chi connectivity index (χ1v) is 8.55. The van der Waals surface area contributed by atoms with Crippen LogP contribution in [0.15, 0.2) is 73.2 Å². The van der Waals surface area contributed by atoms with Gasteiger partial charge in [-0.25, -0.2) is 4.98 Å². The lowest BCUT2D eigenvalue weighted by Gasteiger charge is -2.11. The Morgan fingerprint density at radius 1 is 0.926 bits per heavy atom. The third-order valence-electron chi connectivity index (χ3n) is 4.21. The maximum Gasteiger partial charge on any atom is 0.285 e. The molecule has 0 unspecified atom stereocenters. The third kappa shape index (κ3) is 3.56. The highest BCUT2D eigenvalue weighted by Crippen LogP contribution is 2.22. The van der Waals surface area contributed by atoms with E-state index in [9.17, 15) is 9.59 Å². The first-order valence-electron chi connectivity index (χ1n) is 8.55. The first kappa shape index (κ1) is 16.9. The van der Waals surface area contributed by atoms with E-state index in [1.165, 1.54) is 5.56 Å². The van der Waals surface area contributed by atoms with Crippen molar-refractivity contribution in [1.29, 1.82) is 0 Å². The average molecular weight is 359 g/mol. The molecule has 6 nitrogen and oxygen atoms in total. The largest absolute Gasteiger partial charge is 0.332 e. The van der Waals surface area contributed by atoms with Crippen molar-refractivity contribution in [3.8, 4) is 0 Å². The number of rotatable bonds is 6. The van der Waals surface area contributed by atoms with Crippen molar-refractivity contribution in [1.82, 2.24) is 14.6 Å². The monoisotopic (exact) mass is 359 g/mol. The summed E-state index contributed by atoms with van der Waals surface area (Å²) >= 11 is 0. The van der Waals surface area contributed by atoms with Crippen LogP contribution < -0.4 is 0 Å². The van der Waals surface area contributed by atoms with Crippen molar-refractivity contribution in [2.24, 2.45) is 0 Å². The minimum Gasteiger partial charge on any atom is -0.332 e. The molecule has 0 saturated heterocycles. The van der Waals surface area contributed by atoms with Gasteiger partial charge in [-0.2, -0.15) is 0 Å². The highest BCUT2D eigenvalue weighted by Gasteiger charge is 2.36. The Morgan fingerprint density at radius 3 is 2.30 bits per heavy atom. The van der Waals surface area contributed by atoms with Crippen LogP contribution in [0.4, 0.5) is 0 Å². The summed E-state index contributed by atoms with van der Waals surface area (Å²) in [7, 11) is 0. The molecule has 4 rings (SSSR count). The van der Waals surface area contributed by atoms with Crippen molar-refractivity contribution in [2.45, 2.75) is 6.54 Å². The van der Waals surface area contributed by atoms with Crippen molar-refractivity contribution in [2.75, 3.05) is 6.61 Å². The summed E-state index contributed by atoms with van der Waals surface area (Å²) in [5.41, 5.74) is 2.70. The van der Waals surface area contributed by atoms with Crippen LogP contribution in [-0.2, 0) is 11.4 Å².